The molecule has 16 heavy (non-hydrogen) atoms. The maximum atomic E-state index is 11.4. The number of carbonyl (C=O) groups excluding carboxylic acids is 1. The van der Waals surface area contributed by atoms with Gasteiger partial charge in [0.05, 0.1) is 0 Å². The summed E-state index contributed by atoms with van der Waals surface area (Å²) < 4.78 is 1.01. The van der Waals surface area contributed by atoms with Crippen LogP contribution in [0.5, 0.6) is 0 Å². The molecule has 0 radical (unpaired) electrons. The zero-order chi connectivity index (χ0) is 11.8. The maximum Gasteiger partial charge on any atom is 0.244 e. The Morgan fingerprint density at radius 1 is 1.38 bits per heavy atom. The van der Waals surface area contributed by atoms with E-state index in [1.165, 1.54) is 6.08 Å². The standard InChI is InChI=1S/C13H14BrNO/c1-2-3-4-9-13(16)15-10-11-7-5-6-8-12(11)14/h2-9H,10H2,1H3,(H,15,16)/b3-2+,9-4+. The van der Waals surface area contributed by atoms with Gasteiger partial charge in [-0.1, -0.05) is 52.4 Å². The van der Waals surface area contributed by atoms with Crippen molar-refractivity contribution >= 4 is 21.8 Å². The number of amides is 1. The zero-order valence-electron chi connectivity index (χ0n) is 9.11. The molecule has 3 heteroatoms. The number of nitrogens with one attached hydrogen (secondary N) is 1. The normalized spacial score (nSPS) is 11.1. The molecule has 0 aliphatic heterocycles. The lowest BCUT2D eigenvalue weighted by molar-refractivity contribution is -0.116. The lowest BCUT2D eigenvalue weighted by Crippen LogP contribution is -2.20. The fourth-order valence-corrected chi connectivity index (χ4v) is 1.56. The largest absolute Gasteiger partial charge is 0.348 e. The van der Waals surface area contributed by atoms with E-state index >= 15 is 0 Å². The first-order chi connectivity index (χ1) is 7.74. The van der Waals surface area contributed by atoms with E-state index in [1.807, 2.05) is 43.3 Å². The van der Waals surface area contributed by atoms with Crippen LogP contribution in [0, 0.1) is 0 Å². The van der Waals surface area contributed by atoms with E-state index < -0.39 is 0 Å². The second kappa shape index (κ2) is 7.01. The number of rotatable bonds is 4. The highest BCUT2D eigenvalue weighted by molar-refractivity contribution is 9.10. The fraction of sp³-hybridized carbons (Fsp3) is 0.154. The molecule has 1 rings (SSSR count). The summed E-state index contributed by atoms with van der Waals surface area (Å²) in [6.45, 7) is 2.43. The van der Waals surface area contributed by atoms with Gasteiger partial charge in [-0.2, -0.15) is 0 Å². The van der Waals surface area contributed by atoms with Crippen LogP contribution < -0.4 is 5.32 Å². The topological polar surface area (TPSA) is 29.1 Å². The minimum Gasteiger partial charge on any atom is -0.348 e. The predicted molar refractivity (Wildman–Crippen MR) is 69.9 cm³/mol. The van der Waals surface area contributed by atoms with Gasteiger partial charge in [0, 0.05) is 17.1 Å². The Morgan fingerprint density at radius 2 is 2.12 bits per heavy atom. The van der Waals surface area contributed by atoms with Gasteiger partial charge < -0.3 is 5.32 Å². The van der Waals surface area contributed by atoms with Crippen LogP contribution in [0.3, 0.4) is 0 Å². The van der Waals surface area contributed by atoms with Crippen LogP contribution in [0.1, 0.15) is 12.5 Å². The SMILES string of the molecule is C/C=C/C=C/C(=O)NCc1ccccc1Br. The number of hydrogen-bond donors (Lipinski definition) is 1. The first kappa shape index (κ1) is 12.7. The van der Waals surface area contributed by atoms with Crippen LogP contribution in [-0.4, -0.2) is 5.91 Å². The second-order valence-electron chi connectivity index (χ2n) is 3.19. The van der Waals surface area contributed by atoms with Crippen molar-refractivity contribution in [3.63, 3.8) is 0 Å². The third kappa shape index (κ3) is 4.45. The number of hydrogen-bond acceptors (Lipinski definition) is 1. The summed E-state index contributed by atoms with van der Waals surface area (Å²) in [7, 11) is 0. The highest BCUT2D eigenvalue weighted by atomic mass is 79.9. The van der Waals surface area contributed by atoms with Crippen molar-refractivity contribution in [1.82, 2.24) is 5.32 Å². The Labute approximate surface area is 104 Å². The van der Waals surface area contributed by atoms with Gasteiger partial charge in [0.2, 0.25) is 5.91 Å². The van der Waals surface area contributed by atoms with Gasteiger partial charge in [0.25, 0.3) is 0 Å². The molecule has 0 aliphatic rings. The third-order valence-electron chi connectivity index (χ3n) is 1.96. The Bertz CT molecular complexity index is 410. The molecule has 84 valence electrons. The summed E-state index contributed by atoms with van der Waals surface area (Å²) in [5.41, 5.74) is 1.07. The number of benzene rings is 1. The minimum atomic E-state index is -0.0890. The van der Waals surface area contributed by atoms with Gasteiger partial charge >= 0.3 is 0 Å². The molecule has 0 heterocycles. The molecule has 0 fully saturated rings. The van der Waals surface area contributed by atoms with Crippen LogP contribution in [-0.2, 0) is 11.3 Å². The van der Waals surface area contributed by atoms with E-state index in [9.17, 15) is 4.79 Å². The predicted octanol–water partition coefficient (Wildman–Crippen LogP) is 3.20. The fourth-order valence-electron chi connectivity index (χ4n) is 1.14. The van der Waals surface area contributed by atoms with Crippen molar-refractivity contribution in [2.24, 2.45) is 0 Å². The van der Waals surface area contributed by atoms with Crippen LogP contribution in [0.2, 0.25) is 0 Å². The highest BCUT2D eigenvalue weighted by Gasteiger charge is 1.99. The van der Waals surface area contributed by atoms with E-state index in [0.717, 1.165) is 10.0 Å². The molecule has 1 amide bonds. The zero-order valence-corrected chi connectivity index (χ0v) is 10.7. The molecular formula is C13H14BrNO. The molecule has 0 saturated carbocycles. The van der Waals surface area contributed by atoms with Crippen LogP contribution >= 0.6 is 15.9 Å². The molecule has 0 aliphatic carbocycles. The van der Waals surface area contributed by atoms with E-state index in [2.05, 4.69) is 21.2 Å². The summed E-state index contributed by atoms with van der Waals surface area (Å²) in [6, 6.07) is 7.82. The Kier molecular flexibility index (Phi) is 5.57. The molecule has 0 atom stereocenters. The summed E-state index contributed by atoms with van der Waals surface area (Å²) in [5.74, 6) is -0.0890. The summed E-state index contributed by atoms with van der Waals surface area (Å²) in [5, 5.41) is 2.81. The monoisotopic (exact) mass is 279 g/mol. The molecule has 2 nitrogen and oxygen atoms in total. The number of allylic oxidation sites excluding steroid dienone is 3. The Balaban J connectivity index is 2.46. The van der Waals surface area contributed by atoms with Crippen molar-refractivity contribution < 1.29 is 4.79 Å². The van der Waals surface area contributed by atoms with E-state index in [0.29, 0.717) is 6.54 Å². The maximum absolute atomic E-state index is 11.4. The van der Waals surface area contributed by atoms with E-state index in [4.69, 9.17) is 0 Å². The molecule has 0 spiro atoms. The molecule has 1 aromatic carbocycles. The molecule has 0 bridgehead atoms. The average molecular weight is 280 g/mol. The van der Waals surface area contributed by atoms with Gasteiger partial charge in [-0.25, -0.2) is 0 Å². The lowest BCUT2D eigenvalue weighted by atomic mass is 10.2. The first-order valence-electron chi connectivity index (χ1n) is 5.04. The summed E-state index contributed by atoms with van der Waals surface area (Å²) in [6.07, 6.45) is 6.92. The first-order valence-corrected chi connectivity index (χ1v) is 5.84. The Hall–Kier alpha value is -1.35. The van der Waals surface area contributed by atoms with Crippen LogP contribution in [0.25, 0.3) is 0 Å². The quantitative estimate of drug-likeness (QED) is 0.666. The van der Waals surface area contributed by atoms with Crippen molar-refractivity contribution in [2.75, 3.05) is 0 Å². The van der Waals surface area contributed by atoms with Crippen molar-refractivity contribution in [3.8, 4) is 0 Å². The van der Waals surface area contributed by atoms with Gasteiger partial charge in [0.1, 0.15) is 0 Å². The number of carbonyl (C=O) groups is 1. The van der Waals surface area contributed by atoms with Gasteiger partial charge in [0.15, 0.2) is 0 Å². The Morgan fingerprint density at radius 3 is 2.81 bits per heavy atom. The van der Waals surface area contributed by atoms with Gasteiger partial charge in [-0.3, -0.25) is 4.79 Å². The van der Waals surface area contributed by atoms with E-state index in [1.54, 1.807) is 6.08 Å². The minimum absolute atomic E-state index is 0.0890. The molecule has 0 aromatic heterocycles. The highest BCUT2D eigenvalue weighted by Crippen LogP contribution is 2.15. The summed E-state index contributed by atoms with van der Waals surface area (Å²) in [4.78, 5) is 11.4. The molecule has 0 unspecified atom stereocenters. The van der Waals surface area contributed by atoms with Crippen LogP contribution in [0.15, 0.2) is 53.0 Å². The average Bonchev–Trinajstić information content (AvgIpc) is 2.28. The molecular weight excluding hydrogens is 266 g/mol. The van der Waals surface area contributed by atoms with Crippen LogP contribution in [0.4, 0.5) is 0 Å². The second-order valence-corrected chi connectivity index (χ2v) is 4.05. The van der Waals surface area contributed by atoms with Gasteiger partial charge in [-0.15, -0.1) is 0 Å². The van der Waals surface area contributed by atoms with Crippen molar-refractivity contribution in [2.45, 2.75) is 13.5 Å². The molecule has 1 N–H and O–H groups in total. The van der Waals surface area contributed by atoms with Crippen molar-refractivity contribution in [1.29, 1.82) is 0 Å². The number of halogens is 1. The van der Waals surface area contributed by atoms with E-state index in [-0.39, 0.29) is 5.91 Å². The third-order valence-corrected chi connectivity index (χ3v) is 2.74. The van der Waals surface area contributed by atoms with Crippen molar-refractivity contribution in [3.05, 3.63) is 58.6 Å². The molecule has 1 aromatic rings. The van der Waals surface area contributed by atoms with Gasteiger partial charge in [-0.05, 0) is 18.6 Å². The molecule has 0 saturated heterocycles. The lowest BCUT2D eigenvalue weighted by Gasteiger charge is -2.04. The summed E-state index contributed by atoms with van der Waals surface area (Å²) >= 11 is 3.43. The smallest absolute Gasteiger partial charge is 0.244 e.